The van der Waals surface area contributed by atoms with Crippen LogP contribution >= 0.6 is 0 Å². The van der Waals surface area contributed by atoms with Gasteiger partial charge in [0.05, 0.1) is 11.5 Å². The van der Waals surface area contributed by atoms with Crippen LogP contribution in [0.5, 0.6) is 5.75 Å². The molecule has 30 heavy (non-hydrogen) atoms. The number of aryl methyl sites for hydroxylation is 1. The van der Waals surface area contributed by atoms with Gasteiger partial charge in [-0.05, 0) is 37.6 Å². The Labute approximate surface area is 175 Å². The van der Waals surface area contributed by atoms with E-state index < -0.39 is 10.0 Å². The van der Waals surface area contributed by atoms with Crippen LogP contribution in [0.25, 0.3) is 5.82 Å². The molecule has 0 atom stereocenters. The first-order valence-electron chi connectivity index (χ1n) is 9.64. The van der Waals surface area contributed by atoms with Gasteiger partial charge in [0.25, 0.3) is 0 Å². The highest BCUT2D eigenvalue weighted by molar-refractivity contribution is 7.89. The summed E-state index contributed by atoms with van der Waals surface area (Å²) in [4.78, 5) is 14.8. The molecule has 0 aliphatic carbocycles. The van der Waals surface area contributed by atoms with Crippen molar-refractivity contribution in [1.29, 1.82) is 0 Å². The van der Waals surface area contributed by atoms with Crippen LogP contribution in [0.2, 0.25) is 0 Å². The largest absolute Gasteiger partial charge is 0.494 e. The van der Waals surface area contributed by atoms with E-state index in [1.54, 1.807) is 29.2 Å². The van der Waals surface area contributed by atoms with Crippen LogP contribution in [0, 0.1) is 6.92 Å². The number of benzene rings is 1. The molecule has 4 rings (SSSR count). The van der Waals surface area contributed by atoms with Crippen molar-refractivity contribution in [2.24, 2.45) is 0 Å². The predicted molar refractivity (Wildman–Crippen MR) is 110 cm³/mol. The van der Waals surface area contributed by atoms with Crippen molar-refractivity contribution in [2.75, 3.05) is 37.7 Å². The summed E-state index contributed by atoms with van der Waals surface area (Å²) in [5.41, 5.74) is 0.804. The number of hydrogen-bond donors (Lipinski definition) is 0. The van der Waals surface area contributed by atoms with Gasteiger partial charge < -0.3 is 9.64 Å². The molecule has 1 aliphatic rings. The zero-order valence-corrected chi connectivity index (χ0v) is 17.7. The Bertz CT molecular complexity index is 1110. The minimum atomic E-state index is -3.57. The van der Waals surface area contributed by atoms with Crippen molar-refractivity contribution in [2.45, 2.75) is 18.7 Å². The van der Waals surface area contributed by atoms with Crippen LogP contribution < -0.4 is 9.64 Å². The number of aromatic nitrogens is 5. The summed E-state index contributed by atoms with van der Waals surface area (Å²) in [6.45, 7) is 6.09. The first kappa shape index (κ1) is 20.2. The summed E-state index contributed by atoms with van der Waals surface area (Å²) in [5.74, 6) is 2.04. The number of hydrogen-bond acceptors (Lipinski definition) is 8. The van der Waals surface area contributed by atoms with Crippen molar-refractivity contribution in [3.05, 3.63) is 48.8 Å². The lowest BCUT2D eigenvalue weighted by Crippen LogP contribution is -2.49. The quantitative estimate of drug-likeness (QED) is 0.577. The van der Waals surface area contributed by atoms with Gasteiger partial charge in [-0.15, -0.1) is 0 Å². The van der Waals surface area contributed by atoms with E-state index in [-0.39, 0.29) is 4.90 Å². The lowest BCUT2D eigenvalue weighted by atomic mass is 10.2. The molecular weight excluding hydrogens is 406 g/mol. The molecule has 1 aromatic carbocycles. The molecule has 0 saturated carbocycles. The third-order valence-corrected chi connectivity index (χ3v) is 6.83. The summed E-state index contributed by atoms with van der Waals surface area (Å²) < 4.78 is 34.7. The maximum Gasteiger partial charge on any atom is 0.243 e. The molecule has 11 heteroatoms. The first-order valence-corrected chi connectivity index (χ1v) is 11.1. The van der Waals surface area contributed by atoms with Gasteiger partial charge in [-0.25, -0.2) is 28.1 Å². The summed E-state index contributed by atoms with van der Waals surface area (Å²) in [7, 11) is -3.57. The summed E-state index contributed by atoms with van der Waals surface area (Å²) in [6.07, 6.45) is 4.47. The molecule has 3 aromatic rings. The zero-order chi connectivity index (χ0) is 21.1. The van der Waals surface area contributed by atoms with Gasteiger partial charge in [-0.1, -0.05) is 0 Å². The second-order valence-electron chi connectivity index (χ2n) is 6.83. The number of piperazine rings is 1. The highest BCUT2D eigenvalue weighted by Gasteiger charge is 2.29. The Morgan fingerprint density at radius 1 is 1.03 bits per heavy atom. The highest BCUT2D eigenvalue weighted by atomic mass is 32.2. The van der Waals surface area contributed by atoms with E-state index >= 15 is 0 Å². The van der Waals surface area contributed by atoms with Gasteiger partial charge >= 0.3 is 0 Å². The Morgan fingerprint density at radius 3 is 2.47 bits per heavy atom. The molecule has 1 saturated heterocycles. The van der Waals surface area contributed by atoms with Crippen LogP contribution in [0.3, 0.4) is 0 Å². The molecule has 0 spiro atoms. The second kappa shape index (κ2) is 8.36. The van der Waals surface area contributed by atoms with Gasteiger partial charge in [-0.3, -0.25) is 0 Å². The van der Waals surface area contributed by atoms with Gasteiger partial charge in [0, 0.05) is 32.2 Å². The molecule has 1 aliphatic heterocycles. The van der Waals surface area contributed by atoms with E-state index in [9.17, 15) is 8.42 Å². The SMILES string of the molecule is CCOc1ccc(S(=O)(=O)N2CCN(c3cc(-n4cncn4)ncn3)CC2)cc1C. The normalized spacial score (nSPS) is 15.3. The lowest BCUT2D eigenvalue weighted by molar-refractivity contribution is 0.337. The number of rotatable bonds is 6. The first-order chi connectivity index (χ1) is 14.5. The monoisotopic (exact) mass is 429 g/mol. The molecule has 0 amide bonds. The van der Waals surface area contributed by atoms with Crippen molar-refractivity contribution >= 4 is 15.8 Å². The molecular formula is C19H23N7O3S. The van der Waals surface area contributed by atoms with Gasteiger partial charge in [0.1, 0.15) is 30.5 Å². The fourth-order valence-electron chi connectivity index (χ4n) is 3.37. The topological polar surface area (TPSA) is 106 Å². The molecule has 0 unspecified atom stereocenters. The summed E-state index contributed by atoms with van der Waals surface area (Å²) in [6, 6.07) is 6.80. The van der Waals surface area contributed by atoms with Crippen LogP contribution in [0.4, 0.5) is 5.82 Å². The second-order valence-corrected chi connectivity index (χ2v) is 8.76. The van der Waals surface area contributed by atoms with Crippen LogP contribution in [0.15, 0.2) is 48.1 Å². The van der Waals surface area contributed by atoms with Crippen LogP contribution in [-0.4, -0.2) is 70.2 Å². The Balaban J connectivity index is 1.47. The van der Waals surface area contributed by atoms with Crippen molar-refractivity contribution in [3.63, 3.8) is 0 Å². The maximum absolute atomic E-state index is 13.1. The standard InChI is InChI=1S/C19H23N7O3S/c1-3-29-17-5-4-16(10-15(17)2)30(27,28)25-8-6-24(7-9-25)18-11-19(22-13-21-18)26-14-20-12-23-26/h4-5,10-14H,3,6-9H2,1-2H3. The summed E-state index contributed by atoms with van der Waals surface area (Å²) >= 11 is 0. The molecule has 158 valence electrons. The Hall–Kier alpha value is -3.05. The van der Waals surface area contributed by atoms with Gasteiger partial charge in [0.15, 0.2) is 5.82 Å². The maximum atomic E-state index is 13.1. The molecule has 3 heterocycles. The number of sulfonamides is 1. The highest BCUT2D eigenvalue weighted by Crippen LogP contribution is 2.25. The average Bonchev–Trinajstić information content (AvgIpc) is 3.30. The van der Waals surface area contributed by atoms with Crippen molar-refractivity contribution in [1.82, 2.24) is 29.0 Å². The lowest BCUT2D eigenvalue weighted by Gasteiger charge is -2.34. The average molecular weight is 430 g/mol. The predicted octanol–water partition coefficient (Wildman–Crippen LogP) is 1.28. The Kier molecular flexibility index (Phi) is 5.64. The van der Waals surface area contributed by atoms with Gasteiger partial charge in [0.2, 0.25) is 10.0 Å². The van der Waals surface area contributed by atoms with E-state index in [2.05, 4.69) is 20.1 Å². The fourth-order valence-corrected chi connectivity index (χ4v) is 4.88. The molecule has 0 radical (unpaired) electrons. The fraction of sp³-hybridized carbons (Fsp3) is 0.368. The number of nitrogens with zero attached hydrogens (tertiary/aromatic N) is 7. The van der Waals surface area contributed by atoms with E-state index in [0.29, 0.717) is 44.4 Å². The van der Waals surface area contributed by atoms with Crippen molar-refractivity contribution in [3.8, 4) is 11.6 Å². The van der Waals surface area contributed by atoms with Crippen LogP contribution in [-0.2, 0) is 10.0 Å². The molecule has 0 bridgehead atoms. The van der Waals surface area contributed by atoms with E-state index in [0.717, 1.165) is 11.4 Å². The minimum Gasteiger partial charge on any atom is -0.494 e. The smallest absolute Gasteiger partial charge is 0.243 e. The number of anilines is 1. The van der Waals surface area contributed by atoms with Gasteiger partial charge in [-0.2, -0.15) is 9.40 Å². The molecule has 2 aromatic heterocycles. The van der Waals surface area contributed by atoms with Crippen molar-refractivity contribution < 1.29 is 13.2 Å². The van der Waals surface area contributed by atoms with Crippen LogP contribution in [0.1, 0.15) is 12.5 Å². The Morgan fingerprint density at radius 2 is 1.80 bits per heavy atom. The van der Waals surface area contributed by atoms with E-state index in [4.69, 9.17) is 4.74 Å². The number of ether oxygens (including phenoxy) is 1. The third kappa shape index (κ3) is 3.98. The third-order valence-electron chi connectivity index (χ3n) is 4.94. The molecule has 0 N–H and O–H groups in total. The van der Waals surface area contributed by atoms with E-state index in [1.807, 2.05) is 24.8 Å². The molecule has 1 fully saturated rings. The van der Waals surface area contributed by atoms with E-state index in [1.165, 1.54) is 17.0 Å². The molecule has 10 nitrogen and oxygen atoms in total. The zero-order valence-electron chi connectivity index (χ0n) is 16.8. The summed E-state index contributed by atoms with van der Waals surface area (Å²) in [5, 5.41) is 4.08. The minimum absolute atomic E-state index is 0.285.